The van der Waals surface area contributed by atoms with Crippen LogP contribution in [-0.4, -0.2) is 43.4 Å². The monoisotopic (exact) mass is 321 g/mol. The average Bonchev–Trinajstić information content (AvgIpc) is 2.43. The number of halogens is 3. The summed E-state index contributed by atoms with van der Waals surface area (Å²) in [6.45, 7) is 0. The fourth-order valence-electron chi connectivity index (χ4n) is 1.73. The molecule has 1 aromatic rings. The fraction of sp³-hybridized carbons (Fsp3) is 0.385. The van der Waals surface area contributed by atoms with Crippen molar-refractivity contribution in [2.75, 3.05) is 14.2 Å². The molecule has 0 radical (unpaired) electrons. The third-order valence-electron chi connectivity index (χ3n) is 2.69. The van der Waals surface area contributed by atoms with Crippen molar-refractivity contribution in [1.29, 1.82) is 0 Å². The van der Waals surface area contributed by atoms with Crippen LogP contribution in [0.15, 0.2) is 18.2 Å². The third kappa shape index (κ3) is 4.54. The minimum absolute atomic E-state index is 0.00125. The van der Waals surface area contributed by atoms with E-state index in [1.54, 1.807) is 0 Å². The number of aliphatic carboxylic acids is 1. The standard InChI is InChI=1S/C13H14F3NO5/c1-21-9-5-3-4-7(10(9)22-2)11(18)17-8(12(19)20)6-13(14,15)16/h3-5,8H,6H2,1-2H3,(H,17,18)(H,19,20). The molecule has 0 spiro atoms. The van der Waals surface area contributed by atoms with Gasteiger partial charge in [-0.15, -0.1) is 0 Å². The summed E-state index contributed by atoms with van der Waals surface area (Å²) in [7, 11) is 2.57. The van der Waals surface area contributed by atoms with Crippen LogP contribution in [0.25, 0.3) is 0 Å². The van der Waals surface area contributed by atoms with Gasteiger partial charge < -0.3 is 19.9 Å². The summed E-state index contributed by atoms with van der Waals surface area (Å²) in [6, 6.07) is 2.10. The summed E-state index contributed by atoms with van der Waals surface area (Å²) in [5.41, 5.74) is -0.129. The number of hydrogen-bond donors (Lipinski definition) is 2. The highest BCUT2D eigenvalue weighted by molar-refractivity contribution is 5.99. The molecule has 0 aliphatic heterocycles. The first kappa shape index (κ1) is 17.6. The van der Waals surface area contributed by atoms with Gasteiger partial charge >= 0.3 is 12.1 Å². The number of carboxylic acids is 1. The summed E-state index contributed by atoms with van der Waals surface area (Å²) >= 11 is 0. The molecule has 1 amide bonds. The van der Waals surface area contributed by atoms with Gasteiger partial charge in [-0.2, -0.15) is 13.2 Å². The van der Waals surface area contributed by atoms with Crippen LogP contribution >= 0.6 is 0 Å². The molecule has 2 N–H and O–H groups in total. The van der Waals surface area contributed by atoms with Gasteiger partial charge in [0.1, 0.15) is 6.04 Å². The Morgan fingerprint density at radius 2 is 1.91 bits per heavy atom. The van der Waals surface area contributed by atoms with Crippen molar-refractivity contribution in [2.24, 2.45) is 0 Å². The Hall–Kier alpha value is -2.45. The van der Waals surface area contributed by atoms with Gasteiger partial charge in [-0.05, 0) is 12.1 Å². The summed E-state index contributed by atoms with van der Waals surface area (Å²) in [4.78, 5) is 22.9. The zero-order valence-corrected chi connectivity index (χ0v) is 11.7. The summed E-state index contributed by atoms with van der Waals surface area (Å²) in [6.07, 6.45) is -6.41. The number of carboxylic acid groups (broad SMARTS) is 1. The Kier molecular flexibility index (Phi) is 5.61. The number of nitrogens with one attached hydrogen (secondary N) is 1. The second-order valence-corrected chi connectivity index (χ2v) is 4.22. The van der Waals surface area contributed by atoms with Crippen molar-refractivity contribution in [3.8, 4) is 11.5 Å². The third-order valence-corrected chi connectivity index (χ3v) is 2.69. The Bertz CT molecular complexity index is 559. The Labute approximate surface area is 123 Å². The summed E-state index contributed by atoms with van der Waals surface area (Å²) in [5.74, 6) is -2.60. The minimum Gasteiger partial charge on any atom is -0.493 e. The van der Waals surface area contributed by atoms with Gasteiger partial charge in [0.2, 0.25) is 0 Å². The first-order valence-electron chi connectivity index (χ1n) is 6.01. The number of carbonyl (C=O) groups excluding carboxylic acids is 1. The first-order chi connectivity index (χ1) is 10.2. The fourth-order valence-corrected chi connectivity index (χ4v) is 1.73. The van der Waals surface area contributed by atoms with E-state index in [-0.39, 0.29) is 17.1 Å². The molecule has 122 valence electrons. The maximum Gasteiger partial charge on any atom is 0.391 e. The molecule has 0 aliphatic rings. The van der Waals surface area contributed by atoms with Crippen molar-refractivity contribution in [1.82, 2.24) is 5.32 Å². The molecular weight excluding hydrogens is 307 g/mol. The lowest BCUT2D eigenvalue weighted by atomic mass is 10.1. The minimum atomic E-state index is -4.73. The second kappa shape index (κ2) is 7.01. The number of methoxy groups -OCH3 is 2. The number of para-hydroxylation sites is 1. The zero-order valence-electron chi connectivity index (χ0n) is 11.7. The Balaban J connectivity index is 3.03. The zero-order chi connectivity index (χ0) is 16.9. The molecule has 1 unspecified atom stereocenters. The van der Waals surface area contributed by atoms with Crippen LogP contribution in [-0.2, 0) is 4.79 Å². The van der Waals surface area contributed by atoms with E-state index in [0.29, 0.717) is 0 Å². The molecule has 0 fully saturated rings. The first-order valence-corrected chi connectivity index (χ1v) is 6.01. The SMILES string of the molecule is COc1cccc(C(=O)NC(CC(F)(F)F)C(=O)O)c1OC. The van der Waals surface area contributed by atoms with Crippen LogP contribution in [0.4, 0.5) is 13.2 Å². The maximum absolute atomic E-state index is 12.3. The van der Waals surface area contributed by atoms with Crippen molar-refractivity contribution >= 4 is 11.9 Å². The van der Waals surface area contributed by atoms with Crippen LogP contribution in [0.5, 0.6) is 11.5 Å². The van der Waals surface area contributed by atoms with E-state index in [4.69, 9.17) is 14.6 Å². The molecule has 22 heavy (non-hydrogen) atoms. The topological polar surface area (TPSA) is 84.9 Å². The summed E-state index contributed by atoms with van der Waals surface area (Å²) < 4.78 is 46.9. The largest absolute Gasteiger partial charge is 0.493 e. The van der Waals surface area contributed by atoms with E-state index in [9.17, 15) is 22.8 Å². The van der Waals surface area contributed by atoms with E-state index in [1.807, 2.05) is 5.32 Å². The summed E-state index contributed by atoms with van der Waals surface area (Å²) in [5, 5.41) is 10.6. The van der Waals surface area contributed by atoms with Gasteiger partial charge in [-0.3, -0.25) is 4.79 Å². The van der Waals surface area contributed by atoms with E-state index < -0.39 is 30.5 Å². The van der Waals surface area contributed by atoms with Gasteiger partial charge in [0.05, 0.1) is 26.2 Å². The maximum atomic E-state index is 12.3. The number of alkyl halides is 3. The van der Waals surface area contributed by atoms with Gasteiger partial charge in [-0.1, -0.05) is 6.07 Å². The molecule has 0 aromatic heterocycles. The smallest absolute Gasteiger partial charge is 0.391 e. The number of hydrogen-bond acceptors (Lipinski definition) is 4. The van der Waals surface area contributed by atoms with Gasteiger partial charge in [0.25, 0.3) is 5.91 Å². The molecule has 0 heterocycles. The van der Waals surface area contributed by atoms with Crippen molar-refractivity contribution in [3.05, 3.63) is 23.8 Å². The van der Waals surface area contributed by atoms with E-state index in [0.717, 1.165) is 0 Å². The average molecular weight is 321 g/mol. The van der Waals surface area contributed by atoms with Crippen molar-refractivity contribution < 1.29 is 37.3 Å². The molecule has 0 bridgehead atoms. The highest BCUT2D eigenvalue weighted by Gasteiger charge is 2.36. The Morgan fingerprint density at radius 3 is 2.36 bits per heavy atom. The van der Waals surface area contributed by atoms with E-state index in [2.05, 4.69) is 0 Å². The lowest BCUT2D eigenvalue weighted by Gasteiger charge is -2.18. The number of amides is 1. The number of carbonyl (C=O) groups is 2. The normalized spacial score (nSPS) is 12.4. The van der Waals surface area contributed by atoms with Gasteiger partial charge in [-0.25, -0.2) is 4.79 Å². The molecule has 0 aliphatic carbocycles. The van der Waals surface area contributed by atoms with Gasteiger partial charge in [0.15, 0.2) is 11.5 Å². The molecule has 1 rings (SSSR count). The number of ether oxygens (including phenoxy) is 2. The predicted molar refractivity (Wildman–Crippen MR) is 69.1 cm³/mol. The second-order valence-electron chi connectivity index (χ2n) is 4.22. The Morgan fingerprint density at radius 1 is 1.27 bits per heavy atom. The van der Waals surface area contributed by atoms with Crippen LogP contribution in [0, 0.1) is 0 Å². The van der Waals surface area contributed by atoms with Gasteiger partial charge in [0, 0.05) is 0 Å². The van der Waals surface area contributed by atoms with Crippen molar-refractivity contribution in [3.63, 3.8) is 0 Å². The number of benzene rings is 1. The molecular formula is C13H14F3NO5. The van der Waals surface area contributed by atoms with Crippen LogP contribution in [0.2, 0.25) is 0 Å². The number of rotatable bonds is 6. The van der Waals surface area contributed by atoms with Crippen LogP contribution in [0.3, 0.4) is 0 Å². The van der Waals surface area contributed by atoms with Crippen LogP contribution < -0.4 is 14.8 Å². The quantitative estimate of drug-likeness (QED) is 0.835. The van der Waals surface area contributed by atoms with E-state index >= 15 is 0 Å². The highest BCUT2D eigenvalue weighted by Crippen LogP contribution is 2.31. The predicted octanol–water partition coefficient (Wildman–Crippen LogP) is 1.84. The highest BCUT2D eigenvalue weighted by atomic mass is 19.4. The molecule has 1 atom stereocenters. The molecule has 9 heteroatoms. The molecule has 1 aromatic carbocycles. The molecule has 0 saturated carbocycles. The lowest BCUT2D eigenvalue weighted by molar-refractivity contribution is -0.157. The lowest BCUT2D eigenvalue weighted by Crippen LogP contribution is -2.43. The van der Waals surface area contributed by atoms with E-state index in [1.165, 1.54) is 32.4 Å². The van der Waals surface area contributed by atoms with Crippen molar-refractivity contribution in [2.45, 2.75) is 18.6 Å². The molecule has 6 nitrogen and oxygen atoms in total. The van der Waals surface area contributed by atoms with Crippen LogP contribution in [0.1, 0.15) is 16.8 Å². The molecule has 0 saturated heterocycles.